The minimum absolute atomic E-state index is 3.73. The number of carboxylic acid groups (broad SMARTS) is 1. The van der Waals surface area contributed by atoms with E-state index >= 15 is 0 Å². The average Bonchev–Trinajstić information content (AvgIpc) is 2.52. The molecule has 0 saturated heterocycles. The number of hydrogen-bond acceptors (Lipinski definition) is 1. The Morgan fingerprint density at radius 2 is 0.710 bits per heavy atom. The second-order valence-electron chi connectivity index (χ2n) is 5.40. The molecule has 0 radical (unpaired) electrons. The average molecular weight is 596 g/mol. The lowest BCUT2D eigenvalue weighted by Crippen LogP contribution is -2.75. The highest BCUT2D eigenvalue weighted by molar-refractivity contribution is 6.35. The number of carboxylic acids is 1. The molecule has 0 spiro atoms. The summed E-state index contributed by atoms with van der Waals surface area (Å²) in [6.45, 7) is 0. The van der Waals surface area contributed by atoms with E-state index in [-0.39, 0.29) is 0 Å². The summed E-state index contributed by atoms with van der Waals surface area (Å²) < 4.78 is 189. The van der Waals surface area contributed by atoms with Crippen molar-refractivity contribution in [2.75, 3.05) is 0 Å². The summed E-state index contributed by atoms with van der Waals surface area (Å²) in [5, 5.41) is -26.4. The van der Waals surface area contributed by atoms with Crippen LogP contribution in [-0.2, 0) is 4.79 Å². The summed E-state index contributed by atoms with van der Waals surface area (Å²) in [5.74, 6) is -33.6. The van der Waals surface area contributed by atoms with E-state index in [0.29, 0.717) is 0 Å². The first-order valence-corrected chi connectivity index (χ1v) is 8.16. The van der Waals surface area contributed by atoms with Crippen LogP contribution in [0.25, 0.3) is 0 Å². The maximum atomic E-state index is 14.0. The molecule has 0 fully saturated rings. The molecule has 0 saturated carbocycles. The van der Waals surface area contributed by atoms with Gasteiger partial charge in [0.1, 0.15) is 0 Å². The van der Waals surface area contributed by atoms with Crippen molar-refractivity contribution in [3.05, 3.63) is 0 Å². The minimum Gasteiger partial charge on any atom is -0.477 e. The molecule has 2 nitrogen and oxygen atoms in total. The Kier molecular flexibility index (Phi) is 7.72. The number of rotatable bonds is 9. The van der Waals surface area contributed by atoms with Crippen molar-refractivity contribution in [1.29, 1.82) is 0 Å². The second kappa shape index (κ2) is 7.73. The van der Waals surface area contributed by atoms with Gasteiger partial charge >= 0.3 is 55.6 Å². The van der Waals surface area contributed by atoms with Gasteiger partial charge in [0.15, 0.2) is 0 Å². The highest BCUT2D eigenvalue weighted by Gasteiger charge is 2.93. The Bertz CT molecular complexity index is 717. The molecular formula is C10HCl5F14O2. The van der Waals surface area contributed by atoms with E-state index in [9.17, 15) is 66.3 Å². The fraction of sp³-hybridized carbons (Fsp3) is 0.900. The van der Waals surface area contributed by atoms with Crippen LogP contribution < -0.4 is 0 Å². The quantitative estimate of drug-likeness (QED) is 0.229. The molecular weight excluding hydrogens is 595 g/mol. The van der Waals surface area contributed by atoms with E-state index in [2.05, 4.69) is 58.0 Å². The Morgan fingerprint density at radius 3 is 0.935 bits per heavy atom. The molecule has 0 heterocycles. The van der Waals surface area contributed by atoms with Gasteiger partial charge in [0.2, 0.25) is 0 Å². The monoisotopic (exact) mass is 594 g/mol. The molecule has 21 heteroatoms. The predicted octanol–water partition coefficient (Wildman–Crippen LogP) is 7.06. The third-order valence-electron chi connectivity index (χ3n) is 3.38. The Balaban J connectivity index is 6.95. The predicted molar refractivity (Wildman–Crippen MR) is 77.0 cm³/mol. The van der Waals surface area contributed by atoms with Gasteiger partial charge in [-0.1, -0.05) is 46.4 Å². The van der Waals surface area contributed by atoms with E-state index in [1.165, 1.54) is 0 Å². The number of hydrogen-bond donors (Lipinski definition) is 1. The molecule has 0 aromatic carbocycles. The van der Waals surface area contributed by atoms with Gasteiger partial charge in [-0.3, -0.25) is 0 Å². The molecule has 0 aliphatic heterocycles. The van der Waals surface area contributed by atoms with Gasteiger partial charge in [-0.05, 0) is 11.6 Å². The van der Waals surface area contributed by atoms with Gasteiger partial charge in [-0.2, -0.15) is 43.9 Å². The molecule has 0 unspecified atom stereocenters. The molecule has 0 amide bonds. The van der Waals surface area contributed by atoms with Crippen LogP contribution >= 0.6 is 58.0 Å². The molecule has 0 aromatic rings. The van der Waals surface area contributed by atoms with Crippen LogP contribution in [0.5, 0.6) is 0 Å². The lowest BCUT2D eigenvalue weighted by atomic mass is 9.91. The van der Waals surface area contributed by atoms with Crippen LogP contribution in [0.2, 0.25) is 0 Å². The van der Waals surface area contributed by atoms with Crippen molar-refractivity contribution in [3.63, 3.8) is 0 Å². The van der Waals surface area contributed by atoms with Gasteiger partial charge in [-0.25, -0.2) is 22.4 Å². The first-order chi connectivity index (χ1) is 12.9. The van der Waals surface area contributed by atoms with Crippen LogP contribution in [0.1, 0.15) is 0 Å². The van der Waals surface area contributed by atoms with Crippen molar-refractivity contribution in [2.24, 2.45) is 0 Å². The molecule has 186 valence electrons. The van der Waals surface area contributed by atoms with Crippen molar-refractivity contribution in [1.82, 2.24) is 0 Å². The minimum atomic E-state index is -7.77. The van der Waals surface area contributed by atoms with E-state index in [1.807, 2.05) is 0 Å². The molecule has 0 aromatic heterocycles. The Morgan fingerprint density at radius 1 is 0.484 bits per heavy atom. The fourth-order valence-electron chi connectivity index (χ4n) is 1.50. The zero-order chi connectivity index (χ0) is 26.1. The molecule has 31 heavy (non-hydrogen) atoms. The normalized spacial score (nSPS) is 22.7. The second-order valence-corrected chi connectivity index (χ2v) is 7.96. The Labute approximate surface area is 185 Å². The summed E-state index contributed by atoms with van der Waals surface area (Å²) in [6.07, 6.45) is 0. The molecule has 0 rings (SSSR count). The first-order valence-electron chi connectivity index (χ1n) is 6.27. The van der Waals surface area contributed by atoms with Crippen molar-refractivity contribution >= 4 is 64.0 Å². The lowest BCUT2D eigenvalue weighted by Gasteiger charge is -2.46. The van der Waals surface area contributed by atoms with Crippen LogP contribution in [0.3, 0.4) is 0 Å². The largest absolute Gasteiger partial charge is 0.477 e. The van der Waals surface area contributed by atoms with Gasteiger partial charge in [-0.15, -0.1) is 0 Å². The van der Waals surface area contributed by atoms with Crippen molar-refractivity contribution in [3.8, 4) is 0 Å². The third kappa shape index (κ3) is 3.85. The number of halogens is 19. The van der Waals surface area contributed by atoms with Crippen LogP contribution in [0, 0.1) is 0 Å². The van der Waals surface area contributed by atoms with Crippen LogP contribution in [-0.4, -0.2) is 60.7 Å². The number of carbonyl (C=O) groups is 1. The smallest absolute Gasteiger partial charge is 0.395 e. The number of alkyl halides is 19. The van der Waals surface area contributed by atoms with Gasteiger partial charge in [0, 0.05) is 0 Å². The standard InChI is InChI=1S/C10HCl5F14O2/c11-3(18,2(16,17)1(30)31)7(22,23)4(12,19)8(24,25)5(13,20)9(26,27)6(14,21)10(15,28)29/h(H,30,31)/t3-,4-,5+,6-/m1/s1. The van der Waals surface area contributed by atoms with Gasteiger partial charge < -0.3 is 5.11 Å². The maximum Gasteiger partial charge on any atom is 0.395 e. The Hall–Kier alpha value is -0.0600. The van der Waals surface area contributed by atoms with Crippen molar-refractivity contribution in [2.45, 2.75) is 49.6 Å². The molecule has 0 bridgehead atoms. The zero-order valence-electron chi connectivity index (χ0n) is 13.0. The summed E-state index contributed by atoms with van der Waals surface area (Å²) in [4.78, 5) is 10.1. The lowest BCUT2D eigenvalue weighted by molar-refractivity contribution is -0.327. The summed E-state index contributed by atoms with van der Waals surface area (Å²) in [6, 6.07) is 0. The highest BCUT2D eigenvalue weighted by atomic mass is 35.5. The van der Waals surface area contributed by atoms with Gasteiger partial charge in [0.05, 0.1) is 0 Å². The SMILES string of the molecule is O=C(O)C(F)(F)[C@](F)(Cl)C(F)(F)[C@](F)(Cl)C(F)(F)[C@@](F)(Cl)C(F)(F)[C@](F)(Cl)C(F)(F)Cl. The fourth-order valence-corrected chi connectivity index (χ4v) is 2.62. The van der Waals surface area contributed by atoms with E-state index in [4.69, 9.17) is 5.11 Å². The van der Waals surface area contributed by atoms with E-state index < -0.39 is 55.6 Å². The first kappa shape index (κ1) is 30.9. The van der Waals surface area contributed by atoms with Gasteiger partial charge in [0.25, 0.3) is 0 Å². The number of aliphatic carboxylic acids is 1. The summed E-state index contributed by atoms with van der Waals surface area (Å²) >= 11 is 19.0. The summed E-state index contributed by atoms with van der Waals surface area (Å²) in [5.41, 5.74) is 0. The summed E-state index contributed by atoms with van der Waals surface area (Å²) in [7, 11) is 0. The maximum absolute atomic E-state index is 14.0. The molecule has 0 aliphatic rings. The topological polar surface area (TPSA) is 37.3 Å². The van der Waals surface area contributed by atoms with E-state index in [1.54, 1.807) is 0 Å². The van der Waals surface area contributed by atoms with Crippen LogP contribution in [0.15, 0.2) is 0 Å². The van der Waals surface area contributed by atoms with E-state index in [0.717, 1.165) is 0 Å². The highest BCUT2D eigenvalue weighted by Crippen LogP contribution is 2.67. The zero-order valence-corrected chi connectivity index (χ0v) is 16.8. The van der Waals surface area contributed by atoms with Crippen molar-refractivity contribution < 1.29 is 71.4 Å². The molecule has 1 N–H and O–H groups in total. The molecule has 4 atom stereocenters. The van der Waals surface area contributed by atoms with Crippen LogP contribution in [0.4, 0.5) is 61.5 Å². The third-order valence-corrected chi connectivity index (χ3v) is 5.64. The molecule has 0 aliphatic carbocycles.